The number of nitrogens with one attached hydrogen (secondary N) is 1. The Labute approximate surface area is 153 Å². The lowest BCUT2D eigenvalue weighted by Crippen LogP contribution is -2.40. The average Bonchev–Trinajstić information content (AvgIpc) is 3.14. The molecule has 0 aliphatic heterocycles. The van der Waals surface area contributed by atoms with Crippen molar-refractivity contribution in [1.82, 2.24) is 15.1 Å². The third kappa shape index (κ3) is 3.58. The van der Waals surface area contributed by atoms with E-state index >= 15 is 0 Å². The van der Waals surface area contributed by atoms with Crippen LogP contribution in [-0.4, -0.2) is 28.3 Å². The Morgan fingerprint density at radius 3 is 2.88 bits per heavy atom. The van der Waals surface area contributed by atoms with Gasteiger partial charge in [-0.05, 0) is 44.4 Å². The van der Waals surface area contributed by atoms with E-state index in [4.69, 9.17) is 17.3 Å². The number of carbonyl (C=O) groups excluding carboxylic acids is 1. The number of amides is 1. The molecule has 1 fully saturated rings. The van der Waals surface area contributed by atoms with Gasteiger partial charge >= 0.3 is 0 Å². The van der Waals surface area contributed by atoms with Gasteiger partial charge in [-0.25, -0.2) is 4.68 Å². The van der Waals surface area contributed by atoms with Crippen LogP contribution in [0.5, 0.6) is 0 Å². The third-order valence-corrected chi connectivity index (χ3v) is 4.93. The average molecular weight is 369 g/mol. The van der Waals surface area contributed by atoms with E-state index in [-0.39, 0.29) is 24.4 Å². The van der Waals surface area contributed by atoms with Gasteiger partial charge in [0, 0.05) is 6.04 Å². The second kappa shape index (κ2) is 8.01. The summed E-state index contributed by atoms with van der Waals surface area (Å²) < 4.78 is 1.70. The van der Waals surface area contributed by atoms with Crippen molar-refractivity contribution in [2.75, 3.05) is 6.54 Å². The maximum atomic E-state index is 12.6. The zero-order valence-electron chi connectivity index (χ0n) is 13.5. The maximum Gasteiger partial charge on any atom is 0.254 e. The van der Waals surface area contributed by atoms with Gasteiger partial charge in [0.2, 0.25) is 0 Å². The summed E-state index contributed by atoms with van der Waals surface area (Å²) in [6.07, 6.45) is 4.79. The van der Waals surface area contributed by atoms with E-state index in [1.807, 2.05) is 31.2 Å². The zero-order valence-corrected chi connectivity index (χ0v) is 15.1. The molecule has 1 aliphatic rings. The lowest BCUT2D eigenvalue weighted by atomic mass is 10.0. The number of nitrogens with two attached hydrogens (primary N) is 1. The first-order valence-corrected chi connectivity index (χ1v) is 8.30. The summed E-state index contributed by atoms with van der Waals surface area (Å²) in [7, 11) is 0. The number of aromatic nitrogens is 2. The fourth-order valence-corrected chi connectivity index (χ4v) is 3.47. The van der Waals surface area contributed by atoms with Crippen LogP contribution in [-0.2, 0) is 0 Å². The molecule has 3 rings (SSSR count). The molecule has 3 N–H and O–H groups in total. The number of para-hydroxylation sites is 1. The number of halogens is 2. The van der Waals surface area contributed by atoms with Gasteiger partial charge in [-0.1, -0.05) is 30.2 Å². The second-order valence-corrected chi connectivity index (χ2v) is 6.42. The molecule has 2 unspecified atom stereocenters. The highest BCUT2D eigenvalue weighted by Crippen LogP contribution is 2.26. The summed E-state index contributed by atoms with van der Waals surface area (Å²) in [5, 5.41) is 8.04. The number of rotatable bonds is 4. The third-order valence-electron chi connectivity index (χ3n) is 4.61. The van der Waals surface area contributed by atoms with Gasteiger partial charge in [-0.3, -0.25) is 4.79 Å². The molecule has 2 aromatic rings. The van der Waals surface area contributed by atoms with Crippen LogP contribution in [0.1, 0.15) is 35.3 Å². The first kappa shape index (κ1) is 18.8. The normalized spacial score (nSPS) is 19.8. The Hall–Kier alpha value is -1.56. The zero-order chi connectivity index (χ0) is 16.4. The van der Waals surface area contributed by atoms with Crippen molar-refractivity contribution in [1.29, 1.82) is 0 Å². The van der Waals surface area contributed by atoms with Gasteiger partial charge in [0.1, 0.15) is 0 Å². The van der Waals surface area contributed by atoms with E-state index in [2.05, 4.69) is 10.4 Å². The van der Waals surface area contributed by atoms with E-state index in [0.29, 0.717) is 23.0 Å². The molecule has 0 saturated heterocycles. The fraction of sp³-hybridized carbons (Fsp3) is 0.412. The van der Waals surface area contributed by atoms with Gasteiger partial charge in [0.25, 0.3) is 5.91 Å². The largest absolute Gasteiger partial charge is 0.349 e. The van der Waals surface area contributed by atoms with E-state index in [0.717, 1.165) is 30.6 Å². The summed E-state index contributed by atoms with van der Waals surface area (Å²) in [6, 6.07) is 7.61. The molecule has 0 radical (unpaired) electrons. The molecule has 5 nitrogen and oxygen atoms in total. The van der Waals surface area contributed by atoms with Crippen LogP contribution in [0.25, 0.3) is 5.69 Å². The molecule has 7 heteroatoms. The minimum atomic E-state index is -0.0915. The lowest BCUT2D eigenvalue weighted by Gasteiger charge is -2.19. The second-order valence-electron chi connectivity index (χ2n) is 6.01. The van der Waals surface area contributed by atoms with Crippen molar-refractivity contribution in [3.05, 3.63) is 46.7 Å². The number of hydrogen-bond donors (Lipinski definition) is 2. The number of nitrogens with zero attached hydrogens (tertiary/aromatic N) is 2. The summed E-state index contributed by atoms with van der Waals surface area (Å²) in [5.41, 5.74) is 7.90. The van der Waals surface area contributed by atoms with Crippen molar-refractivity contribution in [2.45, 2.75) is 32.2 Å². The van der Waals surface area contributed by atoms with Crippen LogP contribution in [0, 0.1) is 12.8 Å². The van der Waals surface area contributed by atoms with Crippen molar-refractivity contribution in [3.8, 4) is 5.69 Å². The Morgan fingerprint density at radius 2 is 2.17 bits per heavy atom. The smallest absolute Gasteiger partial charge is 0.254 e. The van der Waals surface area contributed by atoms with Crippen LogP contribution >= 0.6 is 24.0 Å². The van der Waals surface area contributed by atoms with Gasteiger partial charge < -0.3 is 11.1 Å². The summed E-state index contributed by atoms with van der Waals surface area (Å²) in [5.74, 6) is 0.282. The van der Waals surface area contributed by atoms with E-state index in [9.17, 15) is 4.79 Å². The van der Waals surface area contributed by atoms with E-state index in [1.165, 1.54) is 0 Å². The molecule has 0 spiro atoms. The topological polar surface area (TPSA) is 72.9 Å². The first-order valence-electron chi connectivity index (χ1n) is 7.92. The predicted octanol–water partition coefficient (Wildman–Crippen LogP) is 3.11. The molecule has 1 aromatic carbocycles. The van der Waals surface area contributed by atoms with Gasteiger partial charge in [-0.15, -0.1) is 12.4 Å². The van der Waals surface area contributed by atoms with E-state index in [1.54, 1.807) is 10.9 Å². The molecule has 1 heterocycles. The summed E-state index contributed by atoms with van der Waals surface area (Å²) in [4.78, 5) is 12.6. The highest BCUT2D eigenvalue weighted by atomic mass is 35.5. The van der Waals surface area contributed by atoms with Crippen molar-refractivity contribution in [2.24, 2.45) is 11.7 Å². The molecule has 130 valence electrons. The van der Waals surface area contributed by atoms with Crippen LogP contribution in [0.4, 0.5) is 0 Å². The molecule has 0 bridgehead atoms. The quantitative estimate of drug-likeness (QED) is 0.870. The van der Waals surface area contributed by atoms with Crippen molar-refractivity contribution < 1.29 is 4.79 Å². The number of hydrogen-bond acceptors (Lipinski definition) is 3. The lowest BCUT2D eigenvalue weighted by molar-refractivity contribution is 0.0928. The molecular weight excluding hydrogens is 347 g/mol. The van der Waals surface area contributed by atoms with Gasteiger partial charge in [0.05, 0.1) is 28.2 Å². The standard InChI is InChI=1S/C17H21ClN4O.ClH/c1-11-13(17(23)21-15-7-4-5-12(15)9-19)10-20-22(11)16-8-3-2-6-14(16)18;/h2-3,6,8,10,12,15H,4-5,7,9,19H2,1H3,(H,21,23);1H. The SMILES string of the molecule is Cc1c(C(=O)NC2CCCC2CN)cnn1-c1ccccc1Cl.Cl. The highest BCUT2D eigenvalue weighted by Gasteiger charge is 2.28. The molecule has 1 saturated carbocycles. The molecule has 1 aromatic heterocycles. The Bertz CT molecular complexity index is 716. The van der Waals surface area contributed by atoms with Gasteiger partial charge in [-0.2, -0.15) is 5.10 Å². The molecular formula is C17H22Cl2N4O. The highest BCUT2D eigenvalue weighted by molar-refractivity contribution is 6.32. The maximum absolute atomic E-state index is 12.6. The van der Waals surface area contributed by atoms with Crippen LogP contribution < -0.4 is 11.1 Å². The minimum absolute atomic E-state index is 0. The molecule has 1 aliphatic carbocycles. The predicted molar refractivity (Wildman–Crippen MR) is 98.2 cm³/mol. The Balaban J connectivity index is 0.00000208. The van der Waals surface area contributed by atoms with Crippen LogP contribution in [0.2, 0.25) is 5.02 Å². The van der Waals surface area contributed by atoms with Crippen molar-refractivity contribution in [3.63, 3.8) is 0 Å². The summed E-state index contributed by atoms with van der Waals surface area (Å²) in [6.45, 7) is 2.49. The number of benzene rings is 1. The summed E-state index contributed by atoms with van der Waals surface area (Å²) >= 11 is 6.22. The monoisotopic (exact) mass is 368 g/mol. The Kier molecular flexibility index (Phi) is 6.27. The minimum Gasteiger partial charge on any atom is -0.349 e. The van der Waals surface area contributed by atoms with Crippen molar-refractivity contribution >= 4 is 29.9 Å². The van der Waals surface area contributed by atoms with Crippen LogP contribution in [0.15, 0.2) is 30.5 Å². The Morgan fingerprint density at radius 1 is 1.42 bits per heavy atom. The first-order chi connectivity index (χ1) is 11.1. The number of carbonyl (C=O) groups is 1. The van der Waals surface area contributed by atoms with E-state index < -0.39 is 0 Å². The molecule has 1 amide bonds. The molecule has 2 atom stereocenters. The van der Waals surface area contributed by atoms with Crippen LogP contribution in [0.3, 0.4) is 0 Å². The fourth-order valence-electron chi connectivity index (χ4n) is 3.25. The van der Waals surface area contributed by atoms with Gasteiger partial charge in [0.15, 0.2) is 0 Å². The molecule has 24 heavy (non-hydrogen) atoms.